The molecule has 0 amide bonds. The minimum atomic E-state index is -0.481. The Morgan fingerprint density at radius 2 is 2.50 bits per heavy atom. The normalized spacial score (nSPS) is 7.67. The van der Waals surface area contributed by atoms with Gasteiger partial charge in [-0.1, -0.05) is 0 Å². The van der Waals surface area contributed by atoms with Crippen LogP contribution < -0.4 is 0 Å². The quantitative estimate of drug-likeness (QED) is 0.558. The van der Waals surface area contributed by atoms with Gasteiger partial charge in [-0.3, -0.25) is 0 Å². The van der Waals surface area contributed by atoms with E-state index in [1.807, 2.05) is 0 Å². The van der Waals surface area contributed by atoms with E-state index in [1.165, 1.54) is 3.93 Å². The van der Waals surface area contributed by atoms with Crippen LogP contribution in [0.3, 0.4) is 0 Å². The summed E-state index contributed by atoms with van der Waals surface area (Å²) in [5, 5.41) is 0. The van der Waals surface area contributed by atoms with E-state index in [2.05, 4.69) is 11.9 Å². The van der Waals surface area contributed by atoms with E-state index in [4.69, 9.17) is 4.74 Å². The van der Waals surface area contributed by atoms with E-state index in [1.54, 1.807) is 7.11 Å². The topological polar surface area (TPSA) is 9.23 Å². The van der Waals surface area contributed by atoms with Crippen LogP contribution in [0.5, 0.6) is 0 Å². The van der Waals surface area contributed by atoms with Crippen LogP contribution in [0.25, 0.3) is 0 Å². The van der Waals surface area contributed by atoms with Gasteiger partial charge in [-0.05, 0) is 0 Å². The molecule has 34 valence electrons. The molecule has 0 fully saturated rings. The molecule has 0 spiro atoms. The van der Waals surface area contributed by atoms with Crippen molar-refractivity contribution in [3.8, 4) is 0 Å². The molecule has 0 bridgehead atoms. The van der Waals surface area contributed by atoms with Crippen molar-refractivity contribution in [3.05, 3.63) is 0 Å². The Bertz CT molecular complexity index is 22.8. The molecular formula is C3H7BrHgO. The van der Waals surface area contributed by atoms with Crippen molar-refractivity contribution >= 4 is 11.9 Å². The Hall–Kier alpha value is 1.38. The molecule has 0 aromatic rings. The molecule has 0 aliphatic rings. The maximum absolute atomic E-state index is 4.81. The number of methoxy groups -OCH3 is 1. The van der Waals surface area contributed by atoms with E-state index in [-0.39, 0.29) is 0 Å². The van der Waals surface area contributed by atoms with Crippen LogP contribution >= 0.6 is 11.9 Å². The second kappa shape index (κ2) is 6.38. The second-order valence-corrected chi connectivity index (χ2v) is 12.2. The molecule has 0 aliphatic carbocycles. The average molecular weight is 340 g/mol. The van der Waals surface area contributed by atoms with E-state index in [9.17, 15) is 0 Å². The van der Waals surface area contributed by atoms with E-state index in [0.29, 0.717) is 0 Å². The zero-order valence-corrected chi connectivity index (χ0v) is 11.0. The van der Waals surface area contributed by atoms with Gasteiger partial charge in [0.25, 0.3) is 0 Å². The summed E-state index contributed by atoms with van der Waals surface area (Å²) in [5.41, 5.74) is 0. The molecule has 0 unspecified atom stereocenters. The van der Waals surface area contributed by atoms with Crippen molar-refractivity contribution in [1.29, 1.82) is 0 Å². The van der Waals surface area contributed by atoms with Gasteiger partial charge in [0.2, 0.25) is 0 Å². The zero-order valence-electron chi connectivity index (χ0n) is 3.91. The molecule has 0 radical (unpaired) electrons. The Kier molecular flexibility index (Phi) is 7.84. The molecule has 0 N–H and O–H groups in total. The van der Waals surface area contributed by atoms with Crippen LogP contribution in [0.4, 0.5) is 0 Å². The summed E-state index contributed by atoms with van der Waals surface area (Å²) in [7, 11) is 1.75. The molecule has 3 heteroatoms. The average Bonchev–Trinajstić information content (AvgIpc) is 1.61. The first-order valence-electron chi connectivity index (χ1n) is 1.96. The summed E-state index contributed by atoms with van der Waals surface area (Å²) in [5.74, 6) is 0. The van der Waals surface area contributed by atoms with Gasteiger partial charge in [-0.2, -0.15) is 0 Å². The molecule has 0 aromatic heterocycles. The Morgan fingerprint density at radius 1 is 1.83 bits per heavy atom. The fourth-order valence-corrected chi connectivity index (χ4v) is 3.75. The molecule has 0 saturated carbocycles. The third kappa shape index (κ3) is 5.38. The van der Waals surface area contributed by atoms with E-state index >= 15 is 0 Å². The minimum absolute atomic E-state index is 0.481. The van der Waals surface area contributed by atoms with Gasteiger partial charge in [0.15, 0.2) is 0 Å². The second-order valence-electron chi connectivity index (χ2n) is 1.04. The fourth-order valence-electron chi connectivity index (χ4n) is 0.199. The molecule has 0 aliphatic heterocycles. The third-order valence-corrected chi connectivity index (χ3v) is 7.56. The molecular weight excluding hydrogens is 333 g/mol. The Morgan fingerprint density at radius 3 is 2.67 bits per heavy atom. The first-order chi connectivity index (χ1) is 2.91. The summed E-state index contributed by atoms with van der Waals surface area (Å²) < 4.78 is 6.14. The van der Waals surface area contributed by atoms with Crippen molar-refractivity contribution in [2.75, 3.05) is 13.7 Å². The summed E-state index contributed by atoms with van der Waals surface area (Å²) in [6, 6.07) is 0. The maximum atomic E-state index is 4.81. The first kappa shape index (κ1) is 7.38. The van der Waals surface area contributed by atoms with Gasteiger partial charge in [0.1, 0.15) is 0 Å². The Balaban J connectivity index is 2.34. The molecule has 6 heavy (non-hydrogen) atoms. The SMILES string of the molecule is COC[CH2][Hg][Br]. The molecule has 1 nitrogen and oxygen atoms in total. The van der Waals surface area contributed by atoms with Gasteiger partial charge >= 0.3 is 56.4 Å². The van der Waals surface area contributed by atoms with Crippen molar-refractivity contribution < 1.29 is 26.9 Å². The molecule has 0 heterocycles. The van der Waals surface area contributed by atoms with Crippen LogP contribution in [0, 0.1) is 0 Å². The van der Waals surface area contributed by atoms with Gasteiger partial charge in [0, 0.05) is 0 Å². The Labute approximate surface area is 56.1 Å². The molecule has 0 rings (SSSR count). The van der Waals surface area contributed by atoms with Crippen LogP contribution in [0.2, 0.25) is 3.93 Å². The molecule has 0 saturated heterocycles. The van der Waals surface area contributed by atoms with Gasteiger partial charge in [-0.25, -0.2) is 0 Å². The first-order valence-corrected chi connectivity index (χ1v) is 17.8. The van der Waals surface area contributed by atoms with Crippen molar-refractivity contribution in [3.63, 3.8) is 0 Å². The number of hydrogen-bond donors (Lipinski definition) is 0. The van der Waals surface area contributed by atoms with Crippen molar-refractivity contribution in [2.45, 2.75) is 3.93 Å². The van der Waals surface area contributed by atoms with Crippen molar-refractivity contribution in [2.24, 2.45) is 0 Å². The zero-order chi connectivity index (χ0) is 4.83. The molecule has 0 atom stereocenters. The predicted molar refractivity (Wildman–Crippen MR) is 25.6 cm³/mol. The number of halogens is 1. The van der Waals surface area contributed by atoms with Crippen LogP contribution in [-0.4, -0.2) is 13.7 Å². The van der Waals surface area contributed by atoms with E-state index < -0.39 is 22.1 Å². The van der Waals surface area contributed by atoms with E-state index in [0.717, 1.165) is 6.61 Å². The van der Waals surface area contributed by atoms with Crippen molar-refractivity contribution in [1.82, 2.24) is 0 Å². The monoisotopic (exact) mass is 340 g/mol. The summed E-state index contributed by atoms with van der Waals surface area (Å²) in [6.45, 7) is 0.965. The fraction of sp³-hybridized carbons (Fsp3) is 1.00. The number of rotatable bonds is 3. The standard InChI is InChI=1S/C3H7O.BrH.Hg/c1-3-4-2;;/h1,3H2,2H3;1H;/q;;+1/p-1. The third-order valence-electron chi connectivity index (χ3n) is 0.482. The van der Waals surface area contributed by atoms with Gasteiger partial charge in [0.05, 0.1) is 0 Å². The summed E-state index contributed by atoms with van der Waals surface area (Å²) in [6.07, 6.45) is 0. The van der Waals surface area contributed by atoms with Crippen LogP contribution in [0.15, 0.2) is 0 Å². The number of hydrogen-bond acceptors (Lipinski definition) is 1. The van der Waals surface area contributed by atoms with Crippen LogP contribution in [0.1, 0.15) is 0 Å². The summed E-state index contributed by atoms with van der Waals surface area (Å²) >= 11 is 3.01. The summed E-state index contributed by atoms with van der Waals surface area (Å²) in [4.78, 5) is 0. The van der Waals surface area contributed by atoms with Gasteiger partial charge in [-0.15, -0.1) is 0 Å². The molecule has 0 aromatic carbocycles. The van der Waals surface area contributed by atoms with Gasteiger partial charge < -0.3 is 0 Å². The van der Waals surface area contributed by atoms with Crippen LogP contribution in [-0.2, 0) is 26.9 Å². The number of ether oxygens (including phenoxy) is 1. The predicted octanol–water partition coefficient (Wildman–Crippen LogP) is 1.44.